The largest absolute Gasteiger partial charge is 0.496 e. The van der Waals surface area contributed by atoms with Crippen molar-refractivity contribution < 1.29 is 9.47 Å². The van der Waals surface area contributed by atoms with Crippen LogP contribution in [0.1, 0.15) is 22.7 Å². The normalized spacial score (nSPS) is 12.1. The maximum Gasteiger partial charge on any atom is 0.123 e. The minimum absolute atomic E-state index is 0.171. The molecule has 0 bridgehead atoms. The number of hydrogen-bond acceptors (Lipinski definition) is 3. The zero-order chi connectivity index (χ0) is 15.1. The van der Waals surface area contributed by atoms with Crippen LogP contribution in [-0.4, -0.2) is 20.3 Å². The molecule has 0 amide bonds. The molecule has 1 atom stereocenters. The second-order valence-electron chi connectivity index (χ2n) is 5.16. The van der Waals surface area contributed by atoms with E-state index in [1.807, 2.05) is 37.3 Å². The molecule has 0 saturated heterocycles. The number of aryl methyl sites for hydroxylation is 1. The Hall–Kier alpha value is -1.84. The lowest BCUT2D eigenvalue weighted by atomic mass is 10.0. The molecule has 2 rings (SSSR count). The van der Waals surface area contributed by atoms with Gasteiger partial charge in [0.2, 0.25) is 0 Å². The molecule has 0 heterocycles. The fraction of sp³-hybridized carbons (Fsp3) is 0.333. The summed E-state index contributed by atoms with van der Waals surface area (Å²) in [5.41, 5.74) is 9.66. The van der Waals surface area contributed by atoms with Crippen LogP contribution < -0.4 is 10.5 Å². The maximum absolute atomic E-state index is 6.21. The standard InChI is InChI=1S/C18H23NO2/c1-14-8-9-18(20-2)16(12-14)17(19)13-21-11-10-15-6-4-3-5-7-15/h3-9,12,17H,10-11,13,19H2,1-2H3. The monoisotopic (exact) mass is 285 g/mol. The Morgan fingerprint density at radius 3 is 2.57 bits per heavy atom. The SMILES string of the molecule is COc1ccc(C)cc1C(N)COCCc1ccccc1. The van der Waals surface area contributed by atoms with Gasteiger partial charge in [-0.2, -0.15) is 0 Å². The van der Waals surface area contributed by atoms with Gasteiger partial charge in [-0.15, -0.1) is 0 Å². The molecule has 0 saturated carbocycles. The molecule has 0 aliphatic heterocycles. The van der Waals surface area contributed by atoms with Crippen molar-refractivity contribution in [3.63, 3.8) is 0 Å². The molecule has 0 radical (unpaired) electrons. The molecule has 3 heteroatoms. The topological polar surface area (TPSA) is 44.5 Å². The number of nitrogens with two attached hydrogens (primary N) is 1. The maximum atomic E-state index is 6.21. The van der Waals surface area contributed by atoms with E-state index in [2.05, 4.69) is 18.2 Å². The molecule has 0 fully saturated rings. The summed E-state index contributed by atoms with van der Waals surface area (Å²) in [5, 5.41) is 0. The van der Waals surface area contributed by atoms with E-state index >= 15 is 0 Å². The van der Waals surface area contributed by atoms with Gasteiger partial charge >= 0.3 is 0 Å². The third-order valence-electron chi connectivity index (χ3n) is 3.46. The van der Waals surface area contributed by atoms with Crippen molar-refractivity contribution in [2.75, 3.05) is 20.3 Å². The van der Waals surface area contributed by atoms with Crippen LogP contribution in [0, 0.1) is 6.92 Å². The van der Waals surface area contributed by atoms with Crippen LogP contribution in [0.25, 0.3) is 0 Å². The molecule has 21 heavy (non-hydrogen) atoms. The Kier molecular flexibility index (Phi) is 5.78. The summed E-state index contributed by atoms with van der Waals surface area (Å²) in [6.07, 6.45) is 0.901. The van der Waals surface area contributed by atoms with Gasteiger partial charge in [0.1, 0.15) is 5.75 Å². The fourth-order valence-corrected chi connectivity index (χ4v) is 2.28. The summed E-state index contributed by atoms with van der Waals surface area (Å²) in [5.74, 6) is 0.819. The van der Waals surface area contributed by atoms with Crippen LogP contribution in [0.4, 0.5) is 0 Å². The zero-order valence-electron chi connectivity index (χ0n) is 12.7. The fourth-order valence-electron chi connectivity index (χ4n) is 2.28. The van der Waals surface area contributed by atoms with Gasteiger partial charge in [-0.25, -0.2) is 0 Å². The first kappa shape index (κ1) is 15.5. The third-order valence-corrected chi connectivity index (χ3v) is 3.46. The van der Waals surface area contributed by atoms with E-state index < -0.39 is 0 Å². The quantitative estimate of drug-likeness (QED) is 0.794. The van der Waals surface area contributed by atoms with Gasteiger partial charge < -0.3 is 15.2 Å². The van der Waals surface area contributed by atoms with Crippen LogP contribution in [0.5, 0.6) is 5.75 Å². The molecule has 0 aliphatic carbocycles. The Balaban J connectivity index is 1.84. The van der Waals surface area contributed by atoms with E-state index in [4.69, 9.17) is 15.2 Å². The number of ether oxygens (including phenoxy) is 2. The number of hydrogen-bond donors (Lipinski definition) is 1. The number of methoxy groups -OCH3 is 1. The molecule has 0 spiro atoms. The Labute approximate surface area is 126 Å². The summed E-state index contributed by atoms with van der Waals surface area (Å²) in [6, 6.07) is 16.2. The van der Waals surface area contributed by atoms with Crippen LogP contribution in [-0.2, 0) is 11.2 Å². The molecule has 1 unspecified atom stereocenters. The number of benzene rings is 2. The van der Waals surface area contributed by atoms with E-state index in [-0.39, 0.29) is 6.04 Å². The lowest BCUT2D eigenvalue weighted by molar-refractivity contribution is 0.123. The molecule has 2 aromatic carbocycles. The van der Waals surface area contributed by atoms with Gasteiger partial charge in [0.15, 0.2) is 0 Å². The van der Waals surface area contributed by atoms with Crippen LogP contribution in [0.3, 0.4) is 0 Å². The molecule has 2 N–H and O–H groups in total. The minimum atomic E-state index is -0.171. The van der Waals surface area contributed by atoms with Gasteiger partial charge in [-0.1, -0.05) is 48.0 Å². The smallest absolute Gasteiger partial charge is 0.123 e. The summed E-state index contributed by atoms with van der Waals surface area (Å²) < 4.78 is 11.1. The van der Waals surface area contributed by atoms with E-state index in [9.17, 15) is 0 Å². The minimum Gasteiger partial charge on any atom is -0.496 e. The summed E-state index contributed by atoms with van der Waals surface area (Å²) in [6.45, 7) is 3.21. The van der Waals surface area contributed by atoms with Gasteiger partial charge in [-0.05, 0) is 25.0 Å². The lowest BCUT2D eigenvalue weighted by Crippen LogP contribution is -2.19. The van der Waals surface area contributed by atoms with E-state index in [1.165, 1.54) is 11.1 Å². The highest BCUT2D eigenvalue weighted by Crippen LogP contribution is 2.25. The van der Waals surface area contributed by atoms with Crippen LogP contribution in [0.15, 0.2) is 48.5 Å². The average Bonchev–Trinajstić information content (AvgIpc) is 2.52. The van der Waals surface area contributed by atoms with Crippen molar-refractivity contribution in [1.29, 1.82) is 0 Å². The Bertz CT molecular complexity index is 554. The Morgan fingerprint density at radius 1 is 1.10 bits per heavy atom. The third kappa shape index (κ3) is 4.59. The Morgan fingerprint density at radius 2 is 1.86 bits per heavy atom. The highest BCUT2D eigenvalue weighted by atomic mass is 16.5. The molecule has 3 nitrogen and oxygen atoms in total. The van der Waals surface area contributed by atoms with Crippen LogP contribution >= 0.6 is 0 Å². The van der Waals surface area contributed by atoms with Crippen molar-refractivity contribution >= 4 is 0 Å². The summed E-state index contributed by atoms with van der Waals surface area (Å²) in [7, 11) is 1.66. The average molecular weight is 285 g/mol. The van der Waals surface area contributed by atoms with Crippen molar-refractivity contribution in [2.24, 2.45) is 5.73 Å². The second kappa shape index (κ2) is 7.81. The number of rotatable bonds is 7. The van der Waals surface area contributed by atoms with E-state index in [1.54, 1.807) is 7.11 Å². The predicted molar refractivity (Wildman–Crippen MR) is 85.6 cm³/mol. The molecule has 0 aliphatic rings. The first-order valence-corrected chi connectivity index (χ1v) is 7.22. The van der Waals surface area contributed by atoms with E-state index in [0.717, 1.165) is 17.7 Å². The zero-order valence-corrected chi connectivity index (χ0v) is 12.7. The predicted octanol–water partition coefficient (Wildman–Crippen LogP) is 3.26. The van der Waals surface area contributed by atoms with Crippen molar-refractivity contribution in [3.05, 3.63) is 65.2 Å². The van der Waals surface area contributed by atoms with E-state index in [0.29, 0.717) is 13.2 Å². The van der Waals surface area contributed by atoms with Crippen molar-refractivity contribution in [1.82, 2.24) is 0 Å². The molecule has 0 aromatic heterocycles. The van der Waals surface area contributed by atoms with Gasteiger partial charge in [-0.3, -0.25) is 0 Å². The summed E-state index contributed by atoms with van der Waals surface area (Å²) >= 11 is 0. The van der Waals surface area contributed by atoms with Crippen molar-refractivity contribution in [2.45, 2.75) is 19.4 Å². The van der Waals surface area contributed by atoms with Crippen molar-refractivity contribution in [3.8, 4) is 5.75 Å². The molecular formula is C18H23NO2. The molecule has 2 aromatic rings. The second-order valence-corrected chi connectivity index (χ2v) is 5.16. The van der Waals surface area contributed by atoms with Gasteiger partial charge in [0.05, 0.1) is 26.4 Å². The first-order chi connectivity index (χ1) is 10.2. The van der Waals surface area contributed by atoms with Crippen LogP contribution in [0.2, 0.25) is 0 Å². The van der Waals surface area contributed by atoms with Gasteiger partial charge in [0.25, 0.3) is 0 Å². The first-order valence-electron chi connectivity index (χ1n) is 7.22. The van der Waals surface area contributed by atoms with Gasteiger partial charge in [0, 0.05) is 5.56 Å². The summed E-state index contributed by atoms with van der Waals surface area (Å²) in [4.78, 5) is 0. The highest BCUT2D eigenvalue weighted by Gasteiger charge is 2.12. The molecular weight excluding hydrogens is 262 g/mol. The highest BCUT2D eigenvalue weighted by molar-refractivity contribution is 5.39. The molecule has 112 valence electrons. The lowest BCUT2D eigenvalue weighted by Gasteiger charge is -2.16.